The van der Waals surface area contributed by atoms with Gasteiger partial charge in [0.1, 0.15) is 11.5 Å². The lowest BCUT2D eigenvalue weighted by Crippen LogP contribution is -2.32. The molecule has 1 unspecified atom stereocenters. The molecule has 2 aromatic rings. The maximum Gasteiger partial charge on any atom is 0.270 e. The number of nitrogens with one attached hydrogen (secondary N) is 1. The number of hydrogen-bond donors (Lipinski definition) is 2. The summed E-state index contributed by atoms with van der Waals surface area (Å²) < 4.78 is 19.0. The zero-order valence-corrected chi connectivity index (χ0v) is 11.4. The Kier molecular flexibility index (Phi) is 3.70. The molecule has 21 heavy (non-hydrogen) atoms. The summed E-state index contributed by atoms with van der Waals surface area (Å²) in [6, 6.07) is 4.18. The van der Waals surface area contributed by atoms with Crippen molar-refractivity contribution in [1.29, 1.82) is 0 Å². The minimum Gasteiger partial charge on any atom is -0.398 e. The van der Waals surface area contributed by atoms with Crippen molar-refractivity contribution in [3.8, 4) is 0 Å². The third-order valence-corrected chi connectivity index (χ3v) is 3.61. The van der Waals surface area contributed by atoms with E-state index in [9.17, 15) is 9.18 Å². The fraction of sp³-hybridized carbons (Fsp3) is 0.333. The third kappa shape index (κ3) is 2.80. The van der Waals surface area contributed by atoms with E-state index in [1.807, 2.05) is 0 Å². The molecule has 1 aromatic heterocycles. The molecule has 1 aliphatic heterocycles. The monoisotopic (exact) mass is 289 g/mol. The average Bonchev–Trinajstić information content (AvgIpc) is 2.97. The van der Waals surface area contributed by atoms with E-state index in [1.165, 1.54) is 18.3 Å². The Balaban J connectivity index is 1.87. The predicted octanol–water partition coefficient (Wildman–Crippen LogP) is 1.86. The summed E-state index contributed by atoms with van der Waals surface area (Å²) in [5.74, 6) is -0.831. The van der Waals surface area contributed by atoms with E-state index in [-0.39, 0.29) is 17.7 Å². The van der Waals surface area contributed by atoms with E-state index in [1.54, 1.807) is 6.07 Å². The molecule has 0 aliphatic carbocycles. The average molecular weight is 289 g/mol. The van der Waals surface area contributed by atoms with Crippen molar-refractivity contribution < 1.29 is 13.9 Å². The molecule has 0 spiro atoms. The van der Waals surface area contributed by atoms with E-state index < -0.39 is 5.82 Å². The molecule has 0 radical (unpaired) electrons. The van der Waals surface area contributed by atoms with Crippen molar-refractivity contribution in [2.75, 3.05) is 18.9 Å². The van der Waals surface area contributed by atoms with Gasteiger partial charge in [0.2, 0.25) is 0 Å². The van der Waals surface area contributed by atoms with E-state index >= 15 is 0 Å². The van der Waals surface area contributed by atoms with E-state index in [2.05, 4.69) is 10.3 Å². The van der Waals surface area contributed by atoms with Crippen LogP contribution in [0.3, 0.4) is 0 Å². The Morgan fingerprint density at radius 3 is 3.10 bits per heavy atom. The van der Waals surface area contributed by atoms with Gasteiger partial charge in [0, 0.05) is 35.8 Å². The highest BCUT2D eigenvalue weighted by molar-refractivity contribution is 6.07. The normalized spacial score (nSPS) is 18.0. The SMILES string of the molecule is Nc1cc(F)cc2c(C(=O)NCC3CCCO3)nccc12. The summed E-state index contributed by atoms with van der Waals surface area (Å²) in [6.07, 6.45) is 3.49. The van der Waals surface area contributed by atoms with Crippen molar-refractivity contribution in [3.05, 3.63) is 35.9 Å². The molecule has 110 valence electrons. The summed E-state index contributed by atoms with van der Waals surface area (Å²) in [4.78, 5) is 16.3. The maximum absolute atomic E-state index is 13.5. The largest absolute Gasteiger partial charge is 0.398 e. The van der Waals surface area contributed by atoms with Crippen LogP contribution in [0, 0.1) is 5.82 Å². The number of benzene rings is 1. The molecule has 1 amide bonds. The lowest BCUT2D eigenvalue weighted by molar-refractivity contribution is 0.0855. The third-order valence-electron chi connectivity index (χ3n) is 3.61. The molecule has 2 heterocycles. The highest BCUT2D eigenvalue weighted by Crippen LogP contribution is 2.24. The number of nitrogens with zero attached hydrogens (tertiary/aromatic N) is 1. The first-order valence-corrected chi connectivity index (χ1v) is 6.88. The van der Waals surface area contributed by atoms with Gasteiger partial charge in [0.25, 0.3) is 5.91 Å². The van der Waals surface area contributed by atoms with Crippen LogP contribution in [0.25, 0.3) is 10.8 Å². The zero-order valence-electron chi connectivity index (χ0n) is 11.4. The van der Waals surface area contributed by atoms with Gasteiger partial charge < -0.3 is 15.8 Å². The molecule has 1 aromatic carbocycles. The van der Waals surface area contributed by atoms with Crippen LogP contribution in [-0.4, -0.2) is 30.1 Å². The number of pyridine rings is 1. The number of rotatable bonds is 3. The first-order valence-electron chi connectivity index (χ1n) is 6.88. The number of hydrogen-bond acceptors (Lipinski definition) is 4. The molecule has 5 nitrogen and oxygen atoms in total. The van der Waals surface area contributed by atoms with Gasteiger partial charge in [0.05, 0.1) is 6.10 Å². The summed E-state index contributed by atoms with van der Waals surface area (Å²) in [5.41, 5.74) is 6.25. The fourth-order valence-electron chi connectivity index (χ4n) is 2.55. The summed E-state index contributed by atoms with van der Waals surface area (Å²) >= 11 is 0. The topological polar surface area (TPSA) is 77.2 Å². The fourth-order valence-corrected chi connectivity index (χ4v) is 2.55. The van der Waals surface area contributed by atoms with Crippen molar-refractivity contribution in [2.45, 2.75) is 18.9 Å². The van der Waals surface area contributed by atoms with Crippen LogP contribution in [0.4, 0.5) is 10.1 Å². The van der Waals surface area contributed by atoms with Crippen LogP contribution in [0.2, 0.25) is 0 Å². The number of carbonyl (C=O) groups is 1. The van der Waals surface area contributed by atoms with E-state index in [0.29, 0.717) is 23.0 Å². The summed E-state index contributed by atoms with van der Waals surface area (Å²) in [5, 5.41) is 3.82. The van der Waals surface area contributed by atoms with Crippen LogP contribution in [0.1, 0.15) is 23.3 Å². The highest BCUT2D eigenvalue weighted by Gasteiger charge is 2.18. The number of fused-ring (bicyclic) bond motifs is 1. The van der Waals surface area contributed by atoms with Gasteiger partial charge in [-0.05, 0) is 31.0 Å². The Morgan fingerprint density at radius 2 is 2.33 bits per heavy atom. The minimum atomic E-state index is -0.485. The van der Waals surface area contributed by atoms with Gasteiger partial charge in [-0.25, -0.2) is 4.39 Å². The van der Waals surface area contributed by atoms with Gasteiger partial charge >= 0.3 is 0 Å². The van der Waals surface area contributed by atoms with Crippen molar-refractivity contribution in [1.82, 2.24) is 10.3 Å². The Bertz CT molecular complexity index is 684. The van der Waals surface area contributed by atoms with Gasteiger partial charge in [0.15, 0.2) is 0 Å². The molecule has 1 saturated heterocycles. The molecule has 1 aliphatic rings. The standard InChI is InChI=1S/C15H16FN3O2/c16-9-6-12-11(13(17)7-9)3-4-18-14(12)15(20)19-8-10-2-1-5-21-10/h3-4,6-7,10H,1-2,5,8,17H2,(H,19,20). The molecule has 6 heteroatoms. The van der Waals surface area contributed by atoms with Crippen molar-refractivity contribution in [2.24, 2.45) is 0 Å². The summed E-state index contributed by atoms with van der Waals surface area (Å²) in [6.45, 7) is 1.16. The number of halogens is 1. The second-order valence-corrected chi connectivity index (χ2v) is 5.09. The molecule has 1 fully saturated rings. The van der Waals surface area contributed by atoms with Gasteiger partial charge in [-0.1, -0.05) is 0 Å². The van der Waals surface area contributed by atoms with Gasteiger partial charge in [-0.15, -0.1) is 0 Å². The quantitative estimate of drug-likeness (QED) is 0.846. The van der Waals surface area contributed by atoms with Gasteiger partial charge in [-0.3, -0.25) is 9.78 Å². The van der Waals surface area contributed by atoms with E-state index in [0.717, 1.165) is 19.4 Å². The number of aromatic nitrogens is 1. The second kappa shape index (κ2) is 5.65. The lowest BCUT2D eigenvalue weighted by atomic mass is 10.1. The number of carbonyl (C=O) groups excluding carboxylic acids is 1. The number of ether oxygens (including phenoxy) is 1. The van der Waals surface area contributed by atoms with Crippen LogP contribution < -0.4 is 11.1 Å². The van der Waals surface area contributed by atoms with Crippen LogP contribution in [-0.2, 0) is 4.74 Å². The molecule has 3 N–H and O–H groups in total. The number of nitrogens with two attached hydrogens (primary N) is 1. The molecular formula is C15H16FN3O2. The first kappa shape index (κ1) is 13.8. The summed E-state index contributed by atoms with van der Waals surface area (Å²) in [7, 11) is 0. The predicted molar refractivity (Wildman–Crippen MR) is 77.4 cm³/mol. The molecule has 1 atom stereocenters. The maximum atomic E-state index is 13.5. The minimum absolute atomic E-state index is 0.0470. The second-order valence-electron chi connectivity index (χ2n) is 5.09. The Labute approximate surface area is 121 Å². The highest BCUT2D eigenvalue weighted by atomic mass is 19.1. The van der Waals surface area contributed by atoms with Crippen LogP contribution >= 0.6 is 0 Å². The smallest absolute Gasteiger partial charge is 0.270 e. The molecule has 0 saturated carbocycles. The van der Waals surface area contributed by atoms with Crippen LogP contribution in [0.15, 0.2) is 24.4 Å². The van der Waals surface area contributed by atoms with Gasteiger partial charge in [-0.2, -0.15) is 0 Å². The zero-order chi connectivity index (χ0) is 14.8. The lowest BCUT2D eigenvalue weighted by Gasteiger charge is -2.12. The van der Waals surface area contributed by atoms with Crippen molar-refractivity contribution >= 4 is 22.4 Å². The number of anilines is 1. The Hall–Kier alpha value is -2.21. The molecule has 0 bridgehead atoms. The van der Waals surface area contributed by atoms with E-state index in [4.69, 9.17) is 10.5 Å². The number of amides is 1. The number of nitrogen functional groups attached to an aromatic ring is 1. The first-order chi connectivity index (χ1) is 10.1. The van der Waals surface area contributed by atoms with Crippen molar-refractivity contribution in [3.63, 3.8) is 0 Å². The Morgan fingerprint density at radius 1 is 1.48 bits per heavy atom. The molecular weight excluding hydrogens is 273 g/mol. The van der Waals surface area contributed by atoms with Crippen LogP contribution in [0.5, 0.6) is 0 Å². The molecule has 3 rings (SSSR count).